The highest BCUT2D eigenvalue weighted by molar-refractivity contribution is 9.10. The van der Waals surface area contributed by atoms with Gasteiger partial charge in [-0.2, -0.15) is 4.98 Å². The average Bonchev–Trinajstić information content (AvgIpc) is 2.34. The predicted octanol–water partition coefficient (Wildman–Crippen LogP) is 2.62. The summed E-state index contributed by atoms with van der Waals surface area (Å²) in [6, 6.07) is 5.36. The van der Waals surface area contributed by atoms with Gasteiger partial charge in [-0.15, -0.1) is 0 Å². The number of methoxy groups -OCH3 is 1. The maximum Gasteiger partial charge on any atom is 0.245 e. The lowest BCUT2D eigenvalue weighted by Crippen LogP contribution is -1.96. The molecule has 0 atom stereocenters. The lowest BCUT2D eigenvalue weighted by molar-refractivity contribution is 0.411. The number of aromatic nitrogens is 2. The molecule has 2 rings (SSSR count). The molecule has 17 heavy (non-hydrogen) atoms. The van der Waals surface area contributed by atoms with Gasteiger partial charge in [-0.05, 0) is 34.1 Å². The molecule has 0 unspecified atom stereocenters. The number of nitrogen functional groups attached to an aromatic ring is 1. The first-order valence-corrected chi connectivity index (χ1v) is 5.57. The van der Waals surface area contributed by atoms with Crippen LogP contribution in [-0.4, -0.2) is 17.1 Å². The second kappa shape index (κ2) is 5.01. The minimum Gasteiger partial charge on any atom is -0.497 e. The molecule has 0 spiro atoms. The fourth-order valence-corrected chi connectivity index (χ4v) is 1.65. The summed E-state index contributed by atoms with van der Waals surface area (Å²) in [7, 11) is 1.60. The predicted molar refractivity (Wildman–Crippen MR) is 67.2 cm³/mol. The van der Waals surface area contributed by atoms with Crippen LogP contribution in [0.1, 0.15) is 0 Å². The quantitative estimate of drug-likeness (QED) is 0.942. The standard InChI is InChI=1S/C11H10BrN3O2/c1-16-7-2-3-10(8(12)4-7)17-11-9(13)5-14-6-15-11/h2-6H,13H2,1H3. The number of halogens is 1. The van der Waals surface area contributed by atoms with Crippen LogP contribution in [0.4, 0.5) is 5.69 Å². The van der Waals surface area contributed by atoms with Crippen molar-refractivity contribution in [1.29, 1.82) is 0 Å². The van der Waals surface area contributed by atoms with Gasteiger partial charge in [-0.25, -0.2) is 4.98 Å². The number of nitrogens with two attached hydrogens (primary N) is 1. The van der Waals surface area contributed by atoms with Crippen molar-refractivity contribution in [2.45, 2.75) is 0 Å². The fourth-order valence-electron chi connectivity index (χ4n) is 1.21. The SMILES string of the molecule is COc1ccc(Oc2ncncc2N)c(Br)c1. The van der Waals surface area contributed by atoms with Crippen LogP contribution in [0, 0.1) is 0 Å². The van der Waals surface area contributed by atoms with E-state index < -0.39 is 0 Å². The zero-order chi connectivity index (χ0) is 12.3. The number of rotatable bonds is 3. The van der Waals surface area contributed by atoms with Crippen LogP contribution in [0.2, 0.25) is 0 Å². The van der Waals surface area contributed by atoms with E-state index in [-0.39, 0.29) is 0 Å². The summed E-state index contributed by atoms with van der Waals surface area (Å²) >= 11 is 3.38. The molecule has 0 saturated carbocycles. The van der Waals surface area contributed by atoms with Crippen molar-refractivity contribution in [3.8, 4) is 17.4 Å². The Bertz CT molecular complexity index is 534. The third-order valence-corrected chi connectivity index (χ3v) is 2.67. The minimum atomic E-state index is 0.325. The maximum atomic E-state index is 5.68. The van der Waals surface area contributed by atoms with Crippen molar-refractivity contribution in [2.24, 2.45) is 0 Å². The molecular weight excluding hydrogens is 286 g/mol. The van der Waals surface area contributed by atoms with Gasteiger partial charge in [0.2, 0.25) is 5.88 Å². The zero-order valence-corrected chi connectivity index (χ0v) is 10.6. The Balaban J connectivity index is 2.28. The van der Waals surface area contributed by atoms with E-state index in [9.17, 15) is 0 Å². The van der Waals surface area contributed by atoms with E-state index in [1.165, 1.54) is 12.5 Å². The van der Waals surface area contributed by atoms with E-state index >= 15 is 0 Å². The second-order valence-corrected chi connectivity index (χ2v) is 4.04. The monoisotopic (exact) mass is 295 g/mol. The summed E-state index contributed by atoms with van der Waals surface area (Å²) in [4.78, 5) is 7.74. The minimum absolute atomic E-state index is 0.325. The highest BCUT2D eigenvalue weighted by atomic mass is 79.9. The number of anilines is 1. The van der Waals surface area contributed by atoms with E-state index in [2.05, 4.69) is 25.9 Å². The maximum absolute atomic E-state index is 5.68. The third-order valence-electron chi connectivity index (χ3n) is 2.05. The Hall–Kier alpha value is -1.82. The van der Waals surface area contributed by atoms with E-state index in [0.717, 1.165) is 10.2 Å². The van der Waals surface area contributed by atoms with Crippen molar-refractivity contribution in [3.05, 3.63) is 35.2 Å². The van der Waals surface area contributed by atoms with Crippen molar-refractivity contribution >= 4 is 21.6 Å². The van der Waals surface area contributed by atoms with Crippen molar-refractivity contribution < 1.29 is 9.47 Å². The summed E-state index contributed by atoms with van der Waals surface area (Å²) in [5.41, 5.74) is 6.07. The Kier molecular flexibility index (Phi) is 3.43. The first-order valence-electron chi connectivity index (χ1n) is 4.77. The summed E-state index contributed by atoms with van der Waals surface area (Å²) < 4.78 is 11.4. The van der Waals surface area contributed by atoms with Gasteiger partial charge < -0.3 is 15.2 Å². The van der Waals surface area contributed by atoms with Gasteiger partial charge in [-0.3, -0.25) is 0 Å². The number of ether oxygens (including phenoxy) is 2. The number of hydrogen-bond donors (Lipinski definition) is 1. The Morgan fingerprint density at radius 2 is 2.18 bits per heavy atom. The molecule has 2 N–H and O–H groups in total. The molecule has 6 heteroatoms. The van der Waals surface area contributed by atoms with Crippen LogP contribution in [0.5, 0.6) is 17.4 Å². The molecule has 1 heterocycles. The Labute approximate surface area is 107 Å². The molecule has 0 saturated heterocycles. The number of benzene rings is 1. The van der Waals surface area contributed by atoms with Gasteiger partial charge in [0, 0.05) is 0 Å². The van der Waals surface area contributed by atoms with Crippen LogP contribution in [0.3, 0.4) is 0 Å². The third kappa shape index (κ3) is 2.65. The van der Waals surface area contributed by atoms with Gasteiger partial charge in [0.1, 0.15) is 23.5 Å². The van der Waals surface area contributed by atoms with Gasteiger partial charge in [0.15, 0.2) is 0 Å². The van der Waals surface area contributed by atoms with Gasteiger partial charge in [0.05, 0.1) is 17.8 Å². The molecule has 1 aromatic heterocycles. The summed E-state index contributed by atoms with van der Waals surface area (Å²) in [6.07, 6.45) is 2.86. The number of hydrogen-bond acceptors (Lipinski definition) is 5. The molecule has 0 bridgehead atoms. The highest BCUT2D eigenvalue weighted by Crippen LogP contribution is 2.33. The molecule has 0 radical (unpaired) electrons. The second-order valence-electron chi connectivity index (χ2n) is 3.18. The van der Waals surface area contributed by atoms with E-state index in [0.29, 0.717) is 17.3 Å². The first-order chi connectivity index (χ1) is 8.20. The Morgan fingerprint density at radius 3 is 2.82 bits per heavy atom. The van der Waals surface area contributed by atoms with Gasteiger partial charge in [-0.1, -0.05) is 0 Å². The lowest BCUT2D eigenvalue weighted by Gasteiger charge is -2.09. The van der Waals surface area contributed by atoms with Crippen molar-refractivity contribution in [1.82, 2.24) is 9.97 Å². The highest BCUT2D eigenvalue weighted by Gasteiger charge is 2.07. The molecule has 0 aliphatic rings. The normalized spacial score (nSPS) is 10.0. The molecule has 0 fully saturated rings. The zero-order valence-electron chi connectivity index (χ0n) is 9.05. The van der Waals surface area contributed by atoms with E-state index in [1.54, 1.807) is 25.3 Å². The summed E-state index contributed by atoms with van der Waals surface area (Å²) in [5, 5.41) is 0. The molecule has 0 aliphatic heterocycles. The van der Waals surface area contributed by atoms with E-state index in [4.69, 9.17) is 15.2 Å². The lowest BCUT2D eigenvalue weighted by atomic mass is 10.3. The number of nitrogens with zero attached hydrogens (tertiary/aromatic N) is 2. The molecule has 1 aromatic carbocycles. The van der Waals surface area contributed by atoms with Crippen molar-refractivity contribution in [2.75, 3.05) is 12.8 Å². The molecule has 0 amide bonds. The average molecular weight is 296 g/mol. The van der Waals surface area contributed by atoms with Crippen LogP contribution < -0.4 is 15.2 Å². The largest absolute Gasteiger partial charge is 0.497 e. The molecule has 0 aliphatic carbocycles. The Morgan fingerprint density at radius 1 is 1.35 bits per heavy atom. The van der Waals surface area contributed by atoms with Gasteiger partial charge in [0.25, 0.3) is 0 Å². The first kappa shape index (κ1) is 11.7. The van der Waals surface area contributed by atoms with E-state index in [1.807, 2.05) is 0 Å². The van der Waals surface area contributed by atoms with Crippen LogP contribution in [-0.2, 0) is 0 Å². The van der Waals surface area contributed by atoms with Crippen molar-refractivity contribution in [3.63, 3.8) is 0 Å². The smallest absolute Gasteiger partial charge is 0.245 e. The van der Waals surface area contributed by atoms with Crippen LogP contribution in [0.25, 0.3) is 0 Å². The fraction of sp³-hybridized carbons (Fsp3) is 0.0909. The summed E-state index contributed by atoms with van der Waals surface area (Å²) in [6.45, 7) is 0. The topological polar surface area (TPSA) is 70.3 Å². The molecular formula is C11H10BrN3O2. The molecule has 2 aromatic rings. The van der Waals surface area contributed by atoms with Crippen LogP contribution in [0.15, 0.2) is 35.2 Å². The van der Waals surface area contributed by atoms with Gasteiger partial charge >= 0.3 is 0 Å². The summed E-state index contributed by atoms with van der Waals surface area (Å²) in [5.74, 6) is 1.67. The molecule has 88 valence electrons. The van der Waals surface area contributed by atoms with Crippen LogP contribution >= 0.6 is 15.9 Å². The molecule has 5 nitrogen and oxygen atoms in total.